The van der Waals surface area contributed by atoms with Gasteiger partial charge >= 0.3 is 0 Å². The maximum Gasteiger partial charge on any atom is 0.258 e. The molecule has 2 N–H and O–H groups in total. The molecule has 0 aliphatic carbocycles. The number of likely N-dealkylation sites (tertiary alicyclic amines) is 1. The normalized spacial score (nSPS) is 31.7. The van der Waals surface area contributed by atoms with E-state index < -0.39 is 11.3 Å². The number of aromatic nitrogens is 1. The van der Waals surface area contributed by atoms with Gasteiger partial charge < -0.3 is 9.80 Å². The van der Waals surface area contributed by atoms with Crippen molar-refractivity contribution in [2.75, 3.05) is 37.6 Å². The van der Waals surface area contributed by atoms with Crippen LogP contribution in [0.5, 0.6) is 0 Å². The van der Waals surface area contributed by atoms with Gasteiger partial charge in [-0.15, -0.1) is 0 Å². The third-order valence-corrected chi connectivity index (χ3v) is 5.77. The van der Waals surface area contributed by atoms with Crippen LogP contribution in [0.15, 0.2) is 24.5 Å². The van der Waals surface area contributed by atoms with Gasteiger partial charge in [0.05, 0.1) is 17.3 Å². The third-order valence-electron chi connectivity index (χ3n) is 5.77. The van der Waals surface area contributed by atoms with Crippen molar-refractivity contribution in [1.29, 1.82) is 0 Å². The molecule has 8 heteroatoms. The van der Waals surface area contributed by atoms with Crippen LogP contribution in [0.3, 0.4) is 0 Å². The van der Waals surface area contributed by atoms with Crippen LogP contribution in [0.2, 0.25) is 0 Å². The number of hydrogen-bond acceptors (Lipinski definition) is 5. The standard InChI is InChI=1S/C17H23F2N5O/c18-17(19)5-9-24(15(25)14-3-7-21-22-14)12-16(17)4-8-23(11-16)13-2-1-6-20-10-13/h1-2,6,10,14,21-22H,3-5,7-9,11-12H2. The number of carbonyl (C=O) groups is 1. The Hall–Kier alpha value is -1.80. The van der Waals surface area contributed by atoms with Crippen LogP contribution in [-0.4, -0.2) is 60.5 Å². The second-order valence-electron chi connectivity index (χ2n) is 7.29. The number of anilines is 1. The molecule has 0 saturated carbocycles. The van der Waals surface area contributed by atoms with E-state index >= 15 is 0 Å². The summed E-state index contributed by atoms with van der Waals surface area (Å²) in [6.45, 7) is 1.78. The Labute approximate surface area is 145 Å². The second kappa shape index (κ2) is 6.17. The SMILES string of the molecule is O=C(C1CCNN1)N1CCC(F)(F)C2(CCN(c3cccnc3)C2)C1. The maximum absolute atomic E-state index is 14.9. The summed E-state index contributed by atoms with van der Waals surface area (Å²) in [4.78, 5) is 20.3. The summed E-state index contributed by atoms with van der Waals surface area (Å²) in [5, 5.41) is 0. The minimum atomic E-state index is -2.76. The number of nitrogens with one attached hydrogen (secondary N) is 2. The Morgan fingerprint density at radius 3 is 2.88 bits per heavy atom. The molecular formula is C17H23F2N5O. The van der Waals surface area contributed by atoms with Crippen LogP contribution in [0.1, 0.15) is 19.3 Å². The summed E-state index contributed by atoms with van der Waals surface area (Å²) in [6, 6.07) is 3.40. The highest BCUT2D eigenvalue weighted by Gasteiger charge is 2.60. The summed E-state index contributed by atoms with van der Waals surface area (Å²) in [5.74, 6) is -2.83. The first-order valence-corrected chi connectivity index (χ1v) is 8.81. The van der Waals surface area contributed by atoms with Gasteiger partial charge in [-0.2, -0.15) is 0 Å². The van der Waals surface area contributed by atoms with Crippen LogP contribution in [0, 0.1) is 5.41 Å². The Morgan fingerprint density at radius 2 is 2.16 bits per heavy atom. The van der Waals surface area contributed by atoms with Crippen molar-refractivity contribution in [3.05, 3.63) is 24.5 Å². The van der Waals surface area contributed by atoms with Crippen molar-refractivity contribution in [3.63, 3.8) is 0 Å². The van der Waals surface area contributed by atoms with E-state index in [1.54, 1.807) is 17.3 Å². The molecule has 3 aliphatic rings. The largest absolute Gasteiger partial charge is 0.369 e. The lowest BCUT2D eigenvalue weighted by Crippen LogP contribution is -2.60. The van der Waals surface area contributed by atoms with Gasteiger partial charge in [-0.25, -0.2) is 14.2 Å². The Balaban J connectivity index is 1.53. The molecule has 0 radical (unpaired) electrons. The van der Waals surface area contributed by atoms with Crippen LogP contribution in [0.25, 0.3) is 0 Å². The molecule has 25 heavy (non-hydrogen) atoms. The summed E-state index contributed by atoms with van der Waals surface area (Å²) >= 11 is 0. The summed E-state index contributed by atoms with van der Waals surface area (Å²) in [5.41, 5.74) is 5.56. The van der Waals surface area contributed by atoms with E-state index in [1.165, 1.54) is 0 Å². The molecule has 1 aromatic rings. The number of alkyl halides is 2. The minimum Gasteiger partial charge on any atom is -0.369 e. The summed E-state index contributed by atoms with van der Waals surface area (Å²) < 4.78 is 29.7. The molecule has 0 aromatic carbocycles. The van der Waals surface area contributed by atoms with E-state index in [4.69, 9.17) is 0 Å². The number of carbonyl (C=O) groups excluding carboxylic acids is 1. The fourth-order valence-corrected chi connectivity index (χ4v) is 4.24. The smallest absolute Gasteiger partial charge is 0.258 e. The predicted molar refractivity (Wildman–Crippen MR) is 89.2 cm³/mol. The van der Waals surface area contributed by atoms with Crippen molar-refractivity contribution < 1.29 is 13.6 Å². The first-order valence-electron chi connectivity index (χ1n) is 8.81. The van der Waals surface area contributed by atoms with Crippen molar-refractivity contribution >= 4 is 11.6 Å². The molecule has 1 amide bonds. The lowest BCUT2D eigenvalue weighted by molar-refractivity contribution is -0.169. The summed E-state index contributed by atoms with van der Waals surface area (Å²) in [6.07, 6.45) is 4.19. The second-order valence-corrected chi connectivity index (χ2v) is 7.29. The monoisotopic (exact) mass is 351 g/mol. The van der Waals surface area contributed by atoms with Crippen LogP contribution >= 0.6 is 0 Å². The van der Waals surface area contributed by atoms with E-state index in [2.05, 4.69) is 15.8 Å². The van der Waals surface area contributed by atoms with E-state index in [1.807, 2.05) is 17.0 Å². The van der Waals surface area contributed by atoms with Crippen molar-refractivity contribution in [1.82, 2.24) is 20.7 Å². The first-order chi connectivity index (χ1) is 12.0. The molecular weight excluding hydrogens is 328 g/mol. The van der Waals surface area contributed by atoms with Crippen LogP contribution < -0.4 is 15.8 Å². The molecule has 3 fully saturated rings. The Kier molecular flexibility index (Phi) is 4.11. The number of hydrogen-bond donors (Lipinski definition) is 2. The zero-order valence-corrected chi connectivity index (χ0v) is 14.0. The zero-order valence-electron chi connectivity index (χ0n) is 14.0. The Bertz CT molecular complexity index is 637. The minimum absolute atomic E-state index is 0.0697. The highest BCUT2D eigenvalue weighted by molar-refractivity contribution is 5.82. The number of pyridine rings is 1. The number of hydrazine groups is 1. The number of nitrogens with zero attached hydrogens (tertiary/aromatic N) is 3. The highest BCUT2D eigenvalue weighted by Crippen LogP contribution is 2.50. The first kappa shape index (κ1) is 16.7. The molecule has 2 atom stereocenters. The van der Waals surface area contributed by atoms with Gasteiger partial charge in [-0.1, -0.05) is 0 Å². The third kappa shape index (κ3) is 2.87. The van der Waals surface area contributed by atoms with Gasteiger partial charge in [-0.05, 0) is 25.0 Å². The molecule has 4 rings (SSSR count). The molecule has 3 saturated heterocycles. The lowest BCUT2D eigenvalue weighted by Gasteiger charge is -2.46. The average Bonchev–Trinajstić information content (AvgIpc) is 3.29. The van der Waals surface area contributed by atoms with E-state index in [0.29, 0.717) is 19.4 Å². The molecule has 1 aromatic heterocycles. The highest BCUT2D eigenvalue weighted by atomic mass is 19.3. The maximum atomic E-state index is 14.9. The number of piperidine rings is 1. The number of rotatable bonds is 2. The molecule has 3 aliphatic heterocycles. The Morgan fingerprint density at radius 1 is 1.28 bits per heavy atom. The molecule has 6 nitrogen and oxygen atoms in total. The fraction of sp³-hybridized carbons (Fsp3) is 0.647. The number of halogens is 2. The zero-order chi connectivity index (χ0) is 17.5. The van der Waals surface area contributed by atoms with Gasteiger partial charge in [0, 0.05) is 45.3 Å². The summed E-state index contributed by atoms with van der Waals surface area (Å²) in [7, 11) is 0. The van der Waals surface area contributed by atoms with Crippen molar-refractivity contribution in [2.24, 2.45) is 5.41 Å². The van der Waals surface area contributed by atoms with Gasteiger partial charge in [-0.3, -0.25) is 15.2 Å². The van der Waals surface area contributed by atoms with E-state index in [0.717, 1.165) is 12.2 Å². The predicted octanol–water partition coefficient (Wildman–Crippen LogP) is 1.01. The average molecular weight is 351 g/mol. The van der Waals surface area contributed by atoms with Gasteiger partial charge in [0.1, 0.15) is 6.04 Å². The molecule has 0 bridgehead atoms. The van der Waals surface area contributed by atoms with Gasteiger partial charge in [0.2, 0.25) is 5.91 Å². The quantitative estimate of drug-likeness (QED) is 0.833. The molecule has 136 valence electrons. The molecule has 4 heterocycles. The van der Waals surface area contributed by atoms with Crippen molar-refractivity contribution in [2.45, 2.75) is 31.2 Å². The lowest BCUT2D eigenvalue weighted by atomic mass is 9.75. The van der Waals surface area contributed by atoms with Gasteiger partial charge in [0.15, 0.2) is 0 Å². The van der Waals surface area contributed by atoms with Crippen LogP contribution in [-0.2, 0) is 4.79 Å². The fourth-order valence-electron chi connectivity index (χ4n) is 4.24. The molecule has 1 spiro atoms. The van der Waals surface area contributed by atoms with E-state index in [-0.39, 0.29) is 38.0 Å². The van der Waals surface area contributed by atoms with Gasteiger partial charge in [0.25, 0.3) is 5.92 Å². The van der Waals surface area contributed by atoms with Crippen LogP contribution in [0.4, 0.5) is 14.5 Å². The number of amides is 1. The molecule has 2 unspecified atom stereocenters. The van der Waals surface area contributed by atoms with E-state index in [9.17, 15) is 13.6 Å². The topological polar surface area (TPSA) is 60.5 Å². The van der Waals surface area contributed by atoms with Crippen molar-refractivity contribution in [3.8, 4) is 0 Å².